The zero-order valence-electron chi connectivity index (χ0n) is 14.4. The molecule has 0 spiro atoms. The maximum atomic E-state index is 12.7. The predicted octanol–water partition coefficient (Wildman–Crippen LogP) is 4.70. The number of halogens is 1. The topological polar surface area (TPSA) is 52.6 Å². The van der Waals surface area contributed by atoms with E-state index >= 15 is 0 Å². The van der Waals surface area contributed by atoms with Gasteiger partial charge in [0.15, 0.2) is 0 Å². The van der Waals surface area contributed by atoms with Crippen LogP contribution in [-0.2, 0) is 9.84 Å². The SMILES string of the molecule is CC(C)Oc1ccc(S(=O)(=O)c2ccc(OCCCCCl)cc2)cc1. The minimum atomic E-state index is -3.56. The summed E-state index contributed by atoms with van der Waals surface area (Å²) in [4.78, 5) is 0.470. The van der Waals surface area contributed by atoms with Crippen LogP contribution in [0.2, 0.25) is 0 Å². The van der Waals surface area contributed by atoms with E-state index < -0.39 is 9.84 Å². The molecule has 2 aromatic rings. The monoisotopic (exact) mass is 382 g/mol. The molecule has 0 aliphatic rings. The second-order valence-corrected chi connectivity index (χ2v) is 8.19. The van der Waals surface area contributed by atoms with Crippen LogP contribution in [0, 0.1) is 0 Å². The number of ether oxygens (including phenoxy) is 2. The van der Waals surface area contributed by atoms with Crippen LogP contribution in [0.15, 0.2) is 58.3 Å². The highest BCUT2D eigenvalue weighted by Gasteiger charge is 2.17. The average Bonchev–Trinajstić information content (AvgIpc) is 2.59. The Hall–Kier alpha value is -1.72. The van der Waals surface area contributed by atoms with E-state index in [0.29, 0.717) is 24.0 Å². The Balaban J connectivity index is 2.08. The fraction of sp³-hybridized carbons (Fsp3) is 0.368. The number of hydrogen-bond donors (Lipinski definition) is 0. The zero-order valence-corrected chi connectivity index (χ0v) is 16.0. The van der Waals surface area contributed by atoms with Crippen molar-refractivity contribution in [2.45, 2.75) is 42.6 Å². The summed E-state index contributed by atoms with van der Waals surface area (Å²) in [7, 11) is -3.56. The van der Waals surface area contributed by atoms with E-state index in [2.05, 4.69) is 0 Å². The molecule has 2 aromatic carbocycles. The summed E-state index contributed by atoms with van der Waals surface area (Å²) in [6, 6.07) is 12.9. The highest BCUT2D eigenvalue weighted by atomic mass is 35.5. The molecule has 0 aliphatic carbocycles. The van der Waals surface area contributed by atoms with Crippen LogP contribution in [0.1, 0.15) is 26.7 Å². The molecule has 0 atom stereocenters. The van der Waals surface area contributed by atoms with Crippen LogP contribution in [0.25, 0.3) is 0 Å². The van der Waals surface area contributed by atoms with Crippen LogP contribution in [-0.4, -0.2) is 27.0 Å². The first-order valence-corrected chi connectivity index (χ1v) is 10.3. The van der Waals surface area contributed by atoms with Crippen LogP contribution in [0.3, 0.4) is 0 Å². The van der Waals surface area contributed by atoms with Crippen molar-refractivity contribution in [1.82, 2.24) is 0 Å². The van der Waals surface area contributed by atoms with Crippen LogP contribution >= 0.6 is 11.6 Å². The van der Waals surface area contributed by atoms with Gasteiger partial charge in [0.05, 0.1) is 22.5 Å². The van der Waals surface area contributed by atoms with Gasteiger partial charge in [0, 0.05) is 5.88 Å². The minimum absolute atomic E-state index is 0.0411. The lowest BCUT2D eigenvalue weighted by atomic mass is 10.3. The van der Waals surface area contributed by atoms with E-state index in [1.54, 1.807) is 48.5 Å². The van der Waals surface area contributed by atoms with Crippen LogP contribution < -0.4 is 9.47 Å². The quantitative estimate of drug-likeness (QED) is 0.465. The molecule has 0 bridgehead atoms. The molecule has 0 aliphatic heterocycles. The van der Waals surface area contributed by atoms with Crippen LogP contribution in [0.5, 0.6) is 11.5 Å². The molecule has 0 amide bonds. The Morgan fingerprint density at radius 1 is 0.880 bits per heavy atom. The van der Waals surface area contributed by atoms with Gasteiger partial charge in [-0.2, -0.15) is 0 Å². The van der Waals surface area contributed by atoms with E-state index in [1.807, 2.05) is 13.8 Å². The molecule has 2 rings (SSSR count). The standard InChI is InChI=1S/C19H23ClO4S/c1-15(2)24-17-7-11-19(12-8-17)25(21,22)18-9-5-16(6-10-18)23-14-4-3-13-20/h5-12,15H,3-4,13-14H2,1-2H3. The second-order valence-electron chi connectivity index (χ2n) is 5.86. The van der Waals surface area contributed by atoms with Crippen molar-refractivity contribution < 1.29 is 17.9 Å². The van der Waals surface area contributed by atoms with Gasteiger partial charge in [0.25, 0.3) is 0 Å². The summed E-state index contributed by atoms with van der Waals surface area (Å²) in [5.74, 6) is 1.91. The molecule has 0 fully saturated rings. The Morgan fingerprint density at radius 2 is 1.40 bits per heavy atom. The molecule has 6 heteroatoms. The first-order valence-electron chi connectivity index (χ1n) is 8.24. The lowest BCUT2D eigenvalue weighted by molar-refractivity contribution is 0.242. The van der Waals surface area contributed by atoms with Gasteiger partial charge in [-0.05, 0) is 75.2 Å². The largest absolute Gasteiger partial charge is 0.494 e. The summed E-state index contributed by atoms with van der Waals surface area (Å²) >= 11 is 5.62. The third kappa shape index (κ3) is 5.65. The molecule has 0 aromatic heterocycles. The fourth-order valence-electron chi connectivity index (χ4n) is 2.21. The molecule has 0 saturated carbocycles. The van der Waals surface area contributed by atoms with Gasteiger partial charge in [0.2, 0.25) is 9.84 Å². The number of rotatable bonds is 9. The van der Waals surface area contributed by atoms with Crippen molar-refractivity contribution in [2.75, 3.05) is 12.5 Å². The second kappa shape index (κ2) is 9.11. The summed E-state index contributed by atoms with van der Waals surface area (Å²) in [6.45, 7) is 4.41. The molecule has 0 saturated heterocycles. The van der Waals surface area contributed by atoms with E-state index in [0.717, 1.165) is 12.8 Å². The smallest absolute Gasteiger partial charge is 0.206 e. The Bertz CT molecular complexity index is 753. The van der Waals surface area contributed by atoms with Gasteiger partial charge >= 0.3 is 0 Å². The van der Waals surface area contributed by atoms with E-state index in [9.17, 15) is 8.42 Å². The molecular formula is C19H23ClO4S. The van der Waals surface area contributed by atoms with Gasteiger partial charge in [-0.15, -0.1) is 11.6 Å². The number of alkyl halides is 1. The number of hydrogen-bond acceptors (Lipinski definition) is 4. The molecule has 0 heterocycles. The van der Waals surface area contributed by atoms with E-state index in [1.165, 1.54) is 0 Å². The van der Waals surface area contributed by atoms with Gasteiger partial charge in [-0.3, -0.25) is 0 Å². The Kier molecular flexibility index (Phi) is 7.14. The molecule has 25 heavy (non-hydrogen) atoms. The molecule has 0 N–H and O–H groups in total. The van der Waals surface area contributed by atoms with Crippen molar-refractivity contribution >= 4 is 21.4 Å². The lowest BCUT2D eigenvalue weighted by Crippen LogP contribution is -2.06. The van der Waals surface area contributed by atoms with Gasteiger partial charge in [0.1, 0.15) is 11.5 Å². The zero-order chi connectivity index (χ0) is 18.3. The summed E-state index contributed by atoms with van der Waals surface area (Å²) in [5, 5.41) is 0. The first kappa shape index (κ1) is 19.6. The summed E-state index contributed by atoms with van der Waals surface area (Å²) in [6.07, 6.45) is 1.80. The minimum Gasteiger partial charge on any atom is -0.494 e. The van der Waals surface area contributed by atoms with Crippen molar-refractivity contribution in [2.24, 2.45) is 0 Å². The number of unbranched alkanes of at least 4 members (excludes halogenated alkanes) is 1. The van der Waals surface area contributed by atoms with Gasteiger partial charge in [-0.25, -0.2) is 8.42 Å². The number of sulfone groups is 1. The third-order valence-electron chi connectivity index (χ3n) is 3.44. The van der Waals surface area contributed by atoms with E-state index in [4.69, 9.17) is 21.1 Å². The van der Waals surface area contributed by atoms with Crippen molar-refractivity contribution in [3.05, 3.63) is 48.5 Å². The maximum absolute atomic E-state index is 12.7. The molecule has 4 nitrogen and oxygen atoms in total. The maximum Gasteiger partial charge on any atom is 0.206 e. The number of benzene rings is 2. The predicted molar refractivity (Wildman–Crippen MR) is 99.5 cm³/mol. The average molecular weight is 383 g/mol. The van der Waals surface area contributed by atoms with Crippen LogP contribution in [0.4, 0.5) is 0 Å². The lowest BCUT2D eigenvalue weighted by Gasteiger charge is -2.11. The van der Waals surface area contributed by atoms with Crippen molar-refractivity contribution in [3.63, 3.8) is 0 Å². The normalized spacial score (nSPS) is 11.5. The Labute approximate surface area is 154 Å². The highest BCUT2D eigenvalue weighted by molar-refractivity contribution is 7.91. The van der Waals surface area contributed by atoms with Gasteiger partial charge < -0.3 is 9.47 Å². The van der Waals surface area contributed by atoms with Crippen molar-refractivity contribution in [1.29, 1.82) is 0 Å². The summed E-state index contributed by atoms with van der Waals surface area (Å²) in [5.41, 5.74) is 0. The van der Waals surface area contributed by atoms with Gasteiger partial charge in [-0.1, -0.05) is 0 Å². The molecular weight excluding hydrogens is 360 g/mol. The molecule has 0 radical (unpaired) electrons. The fourth-order valence-corrected chi connectivity index (χ4v) is 3.66. The third-order valence-corrected chi connectivity index (χ3v) is 5.49. The Morgan fingerprint density at radius 3 is 1.88 bits per heavy atom. The van der Waals surface area contributed by atoms with Crippen molar-refractivity contribution in [3.8, 4) is 11.5 Å². The molecule has 0 unspecified atom stereocenters. The highest BCUT2D eigenvalue weighted by Crippen LogP contribution is 2.25. The first-order chi connectivity index (χ1) is 11.9. The molecule has 136 valence electrons. The van der Waals surface area contributed by atoms with E-state index in [-0.39, 0.29) is 15.9 Å². The summed E-state index contributed by atoms with van der Waals surface area (Å²) < 4.78 is 36.5.